The molecule has 18 heavy (non-hydrogen) atoms. The summed E-state index contributed by atoms with van der Waals surface area (Å²) in [7, 11) is 0. The first-order chi connectivity index (χ1) is 8.60. The van der Waals surface area contributed by atoms with Crippen LogP contribution in [0.2, 0.25) is 0 Å². The van der Waals surface area contributed by atoms with Crippen molar-refractivity contribution in [3.63, 3.8) is 0 Å². The molecule has 0 saturated carbocycles. The molecule has 0 bridgehead atoms. The van der Waals surface area contributed by atoms with E-state index in [9.17, 15) is 8.78 Å². The molecule has 0 aliphatic rings. The molecular formula is C12H11F2N3S. The Labute approximate surface area is 107 Å². The van der Waals surface area contributed by atoms with E-state index in [2.05, 4.69) is 10.3 Å². The lowest BCUT2D eigenvalue weighted by atomic mass is 10.3. The Morgan fingerprint density at radius 1 is 1.17 bits per heavy atom. The van der Waals surface area contributed by atoms with Crippen molar-refractivity contribution in [2.45, 2.75) is 4.90 Å². The maximum atomic E-state index is 13.4. The number of hydrogen-bond donors (Lipinski definition) is 2. The third-order valence-corrected chi connectivity index (χ3v) is 3.05. The summed E-state index contributed by atoms with van der Waals surface area (Å²) in [6, 6.07) is 8.05. The number of rotatable bonds is 3. The predicted octanol–water partition coefficient (Wildman–Crippen LogP) is 3.41. The maximum absolute atomic E-state index is 13.4. The summed E-state index contributed by atoms with van der Waals surface area (Å²) >= 11 is 1.60. The molecule has 1 aromatic carbocycles. The Bertz CT molecular complexity index is 558. The Hall–Kier alpha value is -1.82. The number of nitrogens with zero attached hydrogens (tertiary/aromatic N) is 1. The van der Waals surface area contributed by atoms with Gasteiger partial charge < -0.3 is 11.1 Å². The van der Waals surface area contributed by atoms with Gasteiger partial charge in [-0.3, -0.25) is 0 Å². The third kappa shape index (κ3) is 2.70. The SMILES string of the molecule is CSc1ccc(Nc2nc(N)c(F)cc2F)cc1. The summed E-state index contributed by atoms with van der Waals surface area (Å²) in [6.07, 6.45) is 1.96. The number of anilines is 3. The van der Waals surface area contributed by atoms with Gasteiger partial charge in [-0.15, -0.1) is 11.8 Å². The molecule has 0 atom stereocenters. The Morgan fingerprint density at radius 2 is 1.83 bits per heavy atom. The van der Waals surface area contributed by atoms with Crippen molar-refractivity contribution >= 4 is 29.1 Å². The number of benzene rings is 1. The van der Waals surface area contributed by atoms with E-state index in [1.807, 2.05) is 18.4 Å². The molecule has 0 amide bonds. The Balaban J connectivity index is 2.25. The van der Waals surface area contributed by atoms with Crippen LogP contribution >= 0.6 is 11.8 Å². The molecule has 0 unspecified atom stereocenters. The van der Waals surface area contributed by atoms with E-state index in [0.29, 0.717) is 11.8 Å². The van der Waals surface area contributed by atoms with Gasteiger partial charge in [-0.2, -0.15) is 0 Å². The molecule has 3 N–H and O–H groups in total. The number of aromatic nitrogens is 1. The lowest BCUT2D eigenvalue weighted by Gasteiger charge is -2.08. The van der Waals surface area contributed by atoms with Gasteiger partial charge in [0.1, 0.15) is 0 Å². The van der Waals surface area contributed by atoms with Gasteiger partial charge in [0.25, 0.3) is 0 Å². The number of nitrogen functional groups attached to an aromatic ring is 1. The molecule has 0 aliphatic heterocycles. The van der Waals surface area contributed by atoms with E-state index in [-0.39, 0.29) is 11.6 Å². The van der Waals surface area contributed by atoms with Gasteiger partial charge in [-0.05, 0) is 30.5 Å². The van der Waals surface area contributed by atoms with Crippen LogP contribution in [0.5, 0.6) is 0 Å². The van der Waals surface area contributed by atoms with Crippen LogP contribution in [0.4, 0.5) is 26.1 Å². The van der Waals surface area contributed by atoms with E-state index in [1.165, 1.54) is 0 Å². The van der Waals surface area contributed by atoms with Gasteiger partial charge in [-0.1, -0.05) is 0 Å². The molecule has 1 aromatic heterocycles. The average molecular weight is 267 g/mol. The van der Waals surface area contributed by atoms with Crippen molar-refractivity contribution in [3.8, 4) is 0 Å². The molecule has 94 valence electrons. The first-order valence-corrected chi connectivity index (χ1v) is 6.35. The first-order valence-electron chi connectivity index (χ1n) is 5.12. The predicted molar refractivity (Wildman–Crippen MR) is 70.1 cm³/mol. The third-order valence-electron chi connectivity index (χ3n) is 2.31. The van der Waals surface area contributed by atoms with Crippen LogP contribution < -0.4 is 11.1 Å². The van der Waals surface area contributed by atoms with E-state index < -0.39 is 11.6 Å². The Morgan fingerprint density at radius 3 is 2.44 bits per heavy atom. The molecule has 0 spiro atoms. The molecule has 2 rings (SSSR count). The molecule has 1 heterocycles. The summed E-state index contributed by atoms with van der Waals surface area (Å²) in [5.74, 6) is -2.07. The fourth-order valence-electron chi connectivity index (χ4n) is 1.38. The molecule has 2 aromatic rings. The zero-order valence-corrected chi connectivity index (χ0v) is 10.4. The molecule has 0 aliphatic carbocycles. The quantitative estimate of drug-likeness (QED) is 0.837. The summed E-state index contributed by atoms with van der Waals surface area (Å²) in [4.78, 5) is 4.71. The number of pyridine rings is 1. The lowest BCUT2D eigenvalue weighted by Crippen LogP contribution is -2.03. The fourth-order valence-corrected chi connectivity index (χ4v) is 1.79. The maximum Gasteiger partial charge on any atom is 0.169 e. The highest BCUT2D eigenvalue weighted by atomic mass is 32.2. The average Bonchev–Trinajstić information content (AvgIpc) is 2.37. The molecule has 0 saturated heterocycles. The smallest absolute Gasteiger partial charge is 0.169 e. The first kappa shape index (κ1) is 12.6. The molecule has 0 fully saturated rings. The monoisotopic (exact) mass is 267 g/mol. The number of thioether (sulfide) groups is 1. The minimum Gasteiger partial charge on any atom is -0.381 e. The molecule has 0 radical (unpaired) electrons. The highest BCUT2D eigenvalue weighted by Gasteiger charge is 2.09. The van der Waals surface area contributed by atoms with Crippen LogP contribution in [0.1, 0.15) is 0 Å². The van der Waals surface area contributed by atoms with Gasteiger partial charge in [0.15, 0.2) is 23.3 Å². The van der Waals surface area contributed by atoms with Crippen LogP contribution in [0.15, 0.2) is 35.2 Å². The molecule has 3 nitrogen and oxygen atoms in total. The van der Waals surface area contributed by atoms with Crippen molar-refractivity contribution in [1.29, 1.82) is 0 Å². The van der Waals surface area contributed by atoms with Crippen LogP contribution in [0.3, 0.4) is 0 Å². The summed E-state index contributed by atoms with van der Waals surface area (Å²) in [5, 5.41) is 2.75. The lowest BCUT2D eigenvalue weighted by molar-refractivity contribution is 0.581. The summed E-state index contributed by atoms with van der Waals surface area (Å²) in [5.41, 5.74) is 5.95. The number of halogens is 2. The second-order valence-corrected chi connectivity index (χ2v) is 4.42. The highest BCUT2D eigenvalue weighted by molar-refractivity contribution is 7.98. The van der Waals surface area contributed by atoms with Crippen molar-refractivity contribution < 1.29 is 8.78 Å². The van der Waals surface area contributed by atoms with Crippen LogP contribution in [-0.2, 0) is 0 Å². The van der Waals surface area contributed by atoms with Gasteiger partial charge in [0.05, 0.1) is 0 Å². The molecule has 6 heteroatoms. The second kappa shape index (κ2) is 5.22. The zero-order chi connectivity index (χ0) is 13.1. The zero-order valence-electron chi connectivity index (χ0n) is 9.58. The summed E-state index contributed by atoms with van der Waals surface area (Å²) in [6.45, 7) is 0. The second-order valence-electron chi connectivity index (χ2n) is 3.54. The van der Waals surface area contributed by atoms with E-state index in [0.717, 1.165) is 4.90 Å². The van der Waals surface area contributed by atoms with E-state index in [4.69, 9.17) is 5.73 Å². The van der Waals surface area contributed by atoms with Crippen LogP contribution in [-0.4, -0.2) is 11.2 Å². The van der Waals surface area contributed by atoms with Crippen molar-refractivity contribution in [2.24, 2.45) is 0 Å². The van der Waals surface area contributed by atoms with Crippen LogP contribution in [0, 0.1) is 11.6 Å². The van der Waals surface area contributed by atoms with Crippen LogP contribution in [0.25, 0.3) is 0 Å². The fraction of sp³-hybridized carbons (Fsp3) is 0.0833. The van der Waals surface area contributed by atoms with Gasteiger partial charge >= 0.3 is 0 Å². The largest absolute Gasteiger partial charge is 0.381 e. The summed E-state index contributed by atoms with van der Waals surface area (Å²) < 4.78 is 26.4. The number of nitrogens with two attached hydrogens (primary N) is 1. The van der Waals surface area contributed by atoms with E-state index in [1.54, 1.807) is 23.9 Å². The standard InChI is InChI=1S/C12H11F2N3S/c1-18-8-4-2-7(3-5-8)16-12-10(14)6-9(13)11(15)17-12/h2-6H,1H3,(H3,15,16,17). The van der Waals surface area contributed by atoms with Crippen molar-refractivity contribution in [1.82, 2.24) is 4.98 Å². The van der Waals surface area contributed by atoms with Gasteiger partial charge in [0.2, 0.25) is 0 Å². The van der Waals surface area contributed by atoms with Crippen molar-refractivity contribution in [3.05, 3.63) is 42.0 Å². The topological polar surface area (TPSA) is 50.9 Å². The van der Waals surface area contributed by atoms with Gasteiger partial charge in [0, 0.05) is 16.6 Å². The normalized spacial score (nSPS) is 10.4. The van der Waals surface area contributed by atoms with Gasteiger partial charge in [-0.25, -0.2) is 13.8 Å². The molecular weight excluding hydrogens is 256 g/mol. The highest BCUT2D eigenvalue weighted by Crippen LogP contribution is 2.23. The number of hydrogen-bond acceptors (Lipinski definition) is 4. The van der Waals surface area contributed by atoms with E-state index >= 15 is 0 Å². The Kier molecular flexibility index (Phi) is 3.66. The number of nitrogens with one attached hydrogen (secondary N) is 1. The van der Waals surface area contributed by atoms with Crippen molar-refractivity contribution in [2.75, 3.05) is 17.3 Å². The minimum atomic E-state index is -0.865. The minimum absolute atomic E-state index is 0.0919.